The van der Waals surface area contributed by atoms with E-state index in [1.807, 2.05) is 0 Å². The lowest BCUT2D eigenvalue weighted by Crippen LogP contribution is -2.30. The van der Waals surface area contributed by atoms with Crippen LogP contribution in [0.3, 0.4) is 0 Å². The lowest BCUT2D eigenvalue weighted by Gasteiger charge is -2.14. The Kier molecular flexibility index (Phi) is 4.75. The van der Waals surface area contributed by atoms with Gasteiger partial charge in [0.2, 0.25) is 5.91 Å². The molecule has 1 amide bonds. The van der Waals surface area contributed by atoms with Crippen LogP contribution in [0.5, 0.6) is 0 Å². The summed E-state index contributed by atoms with van der Waals surface area (Å²) < 4.78 is 38.2. The summed E-state index contributed by atoms with van der Waals surface area (Å²) in [6, 6.07) is 7.47. The smallest absolute Gasteiger partial charge is 0.348 e. The molecule has 1 unspecified atom stereocenters. The van der Waals surface area contributed by atoms with E-state index in [1.165, 1.54) is 0 Å². The Morgan fingerprint density at radius 3 is 2.50 bits per heavy atom. The Balaban J connectivity index is 1.95. The van der Waals surface area contributed by atoms with Gasteiger partial charge in [0.1, 0.15) is 6.54 Å². The monoisotopic (exact) mass is 331 g/mol. The number of aromatic nitrogens is 2. The molecule has 1 aromatic carbocycles. The number of benzene rings is 1. The number of carbonyl (C=O) groups excluding carboxylic acids is 1. The van der Waals surface area contributed by atoms with Crippen molar-refractivity contribution in [1.29, 1.82) is 0 Å². The molecule has 1 aromatic heterocycles. The molecule has 8 heteroatoms. The van der Waals surface area contributed by atoms with Crippen molar-refractivity contribution in [3.63, 3.8) is 0 Å². The van der Waals surface area contributed by atoms with Crippen molar-refractivity contribution in [3.05, 3.63) is 52.8 Å². The summed E-state index contributed by atoms with van der Waals surface area (Å²) in [5.41, 5.74) is -0.180. The zero-order valence-electron chi connectivity index (χ0n) is 11.6. The van der Waals surface area contributed by atoms with Crippen LogP contribution in [0.2, 0.25) is 5.02 Å². The van der Waals surface area contributed by atoms with Crippen LogP contribution < -0.4 is 5.32 Å². The fraction of sp³-hybridized carbons (Fsp3) is 0.286. The normalized spacial score (nSPS) is 13.0. The Morgan fingerprint density at radius 1 is 1.32 bits per heavy atom. The first-order chi connectivity index (χ1) is 10.3. The second-order valence-corrected chi connectivity index (χ2v) is 5.17. The second-order valence-electron chi connectivity index (χ2n) is 4.74. The fourth-order valence-electron chi connectivity index (χ4n) is 1.87. The van der Waals surface area contributed by atoms with E-state index in [4.69, 9.17) is 11.6 Å². The first-order valence-corrected chi connectivity index (χ1v) is 6.79. The molecule has 118 valence electrons. The van der Waals surface area contributed by atoms with Crippen LogP contribution in [0.1, 0.15) is 24.2 Å². The Morgan fingerprint density at radius 2 is 1.95 bits per heavy atom. The zero-order valence-corrected chi connectivity index (χ0v) is 12.3. The van der Waals surface area contributed by atoms with Gasteiger partial charge in [-0.3, -0.25) is 9.48 Å². The lowest BCUT2D eigenvalue weighted by atomic mass is 10.1. The van der Waals surface area contributed by atoms with Crippen LogP contribution in [0.4, 0.5) is 13.2 Å². The first kappa shape index (κ1) is 16.4. The van der Waals surface area contributed by atoms with Crippen molar-refractivity contribution >= 4 is 17.5 Å². The third-order valence-electron chi connectivity index (χ3n) is 2.98. The largest absolute Gasteiger partial charge is 0.435 e. The Labute approximate surface area is 129 Å². The molecule has 2 rings (SSSR count). The summed E-state index contributed by atoms with van der Waals surface area (Å²) >= 11 is 5.78. The molecule has 4 nitrogen and oxygen atoms in total. The summed E-state index contributed by atoms with van der Waals surface area (Å²) in [5.74, 6) is -0.431. The number of halogens is 4. The number of hydrogen-bond donors (Lipinski definition) is 1. The van der Waals surface area contributed by atoms with Crippen molar-refractivity contribution in [2.45, 2.75) is 25.7 Å². The van der Waals surface area contributed by atoms with Crippen molar-refractivity contribution in [2.24, 2.45) is 0 Å². The SMILES string of the molecule is CC(NC(=O)Cn1ccc(C(F)(F)F)n1)c1ccc(Cl)cc1. The third kappa shape index (κ3) is 4.24. The molecule has 0 saturated heterocycles. The van der Waals surface area contributed by atoms with E-state index >= 15 is 0 Å². The van der Waals surface area contributed by atoms with Gasteiger partial charge in [-0.1, -0.05) is 23.7 Å². The minimum absolute atomic E-state index is 0.284. The summed E-state index contributed by atoms with van der Waals surface area (Å²) in [5, 5.41) is 6.60. The molecule has 2 aromatic rings. The molecule has 0 spiro atoms. The van der Waals surface area contributed by atoms with Gasteiger partial charge in [0, 0.05) is 11.2 Å². The van der Waals surface area contributed by atoms with E-state index in [2.05, 4.69) is 10.4 Å². The summed E-state index contributed by atoms with van der Waals surface area (Å²) in [6.07, 6.45) is -3.40. The Bertz CT molecular complexity index is 652. The predicted octanol–water partition coefficient (Wildman–Crippen LogP) is 3.43. The van der Waals surface area contributed by atoms with Gasteiger partial charge in [0.15, 0.2) is 5.69 Å². The predicted molar refractivity (Wildman–Crippen MR) is 75.2 cm³/mol. The maximum Gasteiger partial charge on any atom is 0.435 e. The fourth-order valence-corrected chi connectivity index (χ4v) is 2.00. The van der Waals surface area contributed by atoms with E-state index in [9.17, 15) is 18.0 Å². The van der Waals surface area contributed by atoms with Crippen LogP contribution in [0.15, 0.2) is 36.5 Å². The van der Waals surface area contributed by atoms with E-state index in [1.54, 1.807) is 31.2 Å². The van der Waals surface area contributed by atoms with Crippen LogP contribution in [0.25, 0.3) is 0 Å². The molecule has 0 aliphatic heterocycles. The van der Waals surface area contributed by atoms with Gasteiger partial charge in [-0.25, -0.2) is 0 Å². The lowest BCUT2D eigenvalue weighted by molar-refractivity contribution is -0.141. The highest BCUT2D eigenvalue weighted by molar-refractivity contribution is 6.30. The van der Waals surface area contributed by atoms with Gasteiger partial charge in [0.25, 0.3) is 0 Å². The van der Waals surface area contributed by atoms with Gasteiger partial charge < -0.3 is 5.32 Å². The number of amides is 1. The summed E-state index contributed by atoms with van der Waals surface area (Å²) in [7, 11) is 0. The van der Waals surface area contributed by atoms with Crippen molar-refractivity contribution in [1.82, 2.24) is 15.1 Å². The maximum atomic E-state index is 12.4. The van der Waals surface area contributed by atoms with Gasteiger partial charge in [-0.2, -0.15) is 18.3 Å². The van der Waals surface area contributed by atoms with Crippen LogP contribution in [-0.4, -0.2) is 15.7 Å². The van der Waals surface area contributed by atoms with Crippen LogP contribution in [-0.2, 0) is 17.5 Å². The number of carbonyl (C=O) groups is 1. The molecule has 0 fully saturated rings. The highest BCUT2D eigenvalue weighted by atomic mass is 35.5. The number of nitrogens with zero attached hydrogens (tertiary/aromatic N) is 2. The molecule has 0 bridgehead atoms. The van der Waals surface area contributed by atoms with Gasteiger partial charge >= 0.3 is 6.18 Å². The number of nitrogens with one attached hydrogen (secondary N) is 1. The molecule has 22 heavy (non-hydrogen) atoms. The zero-order chi connectivity index (χ0) is 16.3. The molecular weight excluding hydrogens is 319 g/mol. The Hall–Kier alpha value is -2.02. The van der Waals surface area contributed by atoms with E-state index < -0.39 is 17.8 Å². The number of alkyl halides is 3. The first-order valence-electron chi connectivity index (χ1n) is 6.41. The van der Waals surface area contributed by atoms with Crippen LogP contribution in [0, 0.1) is 0 Å². The third-order valence-corrected chi connectivity index (χ3v) is 3.24. The van der Waals surface area contributed by atoms with Crippen molar-refractivity contribution in [3.8, 4) is 0 Å². The molecule has 0 aliphatic carbocycles. The molecule has 1 atom stereocenters. The minimum atomic E-state index is -4.52. The second kappa shape index (κ2) is 6.39. The molecule has 1 N–H and O–H groups in total. The molecule has 0 radical (unpaired) electrons. The number of rotatable bonds is 4. The minimum Gasteiger partial charge on any atom is -0.348 e. The highest BCUT2D eigenvalue weighted by Gasteiger charge is 2.33. The van der Waals surface area contributed by atoms with E-state index in [-0.39, 0.29) is 12.6 Å². The van der Waals surface area contributed by atoms with Crippen molar-refractivity contribution < 1.29 is 18.0 Å². The van der Waals surface area contributed by atoms with Gasteiger partial charge in [-0.15, -0.1) is 0 Å². The summed E-state index contributed by atoms with van der Waals surface area (Å²) in [6.45, 7) is 1.49. The van der Waals surface area contributed by atoms with E-state index in [0.29, 0.717) is 5.02 Å². The van der Waals surface area contributed by atoms with E-state index in [0.717, 1.165) is 22.5 Å². The summed E-state index contributed by atoms with van der Waals surface area (Å²) in [4.78, 5) is 11.8. The highest BCUT2D eigenvalue weighted by Crippen LogP contribution is 2.27. The molecule has 1 heterocycles. The molecule has 0 saturated carbocycles. The standard InChI is InChI=1S/C14H13ClF3N3O/c1-9(10-2-4-11(15)5-3-10)19-13(22)8-21-7-6-12(20-21)14(16,17)18/h2-7,9H,8H2,1H3,(H,19,22). The maximum absolute atomic E-state index is 12.4. The van der Waals surface area contributed by atoms with Crippen LogP contribution >= 0.6 is 11.6 Å². The topological polar surface area (TPSA) is 46.9 Å². The number of hydrogen-bond acceptors (Lipinski definition) is 2. The quantitative estimate of drug-likeness (QED) is 0.933. The average molecular weight is 332 g/mol. The van der Waals surface area contributed by atoms with Crippen molar-refractivity contribution in [2.75, 3.05) is 0 Å². The van der Waals surface area contributed by atoms with Gasteiger partial charge in [-0.05, 0) is 30.7 Å². The molecular formula is C14H13ClF3N3O. The molecule has 0 aliphatic rings. The average Bonchev–Trinajstić information content (AvgIpc) is 2.87. The van der Waals surface area contributed by atoms with Gasteiger partial charge in [0.05, 0.1) is 6.04 Å².